The number of furan rings is 1. The molecule has 2 aromatic carbocycles. The minimum atomic E-state index is -0.0437. The lowest BCUT2D eigenvalue weighted by atomic mass is 9.91. The number of aromatic nitrogens is 1. The van der Waals surface area contributed by atoms with E-state index in [9.17, 15) is 4.79 Å². The number of nitrogens with zero attached hydrogens (tertiary/aromatic N) is 2. The van der Waals surface area contributed by atoms with E-state index < -0.39 is 0 Å². The van der Waals surface area contributed by atoms with Crippen molar-refractivity contribution in [3.63, 3.8) is 0 Å². The summed E-state index contributed by atoms with van der Waals surface area (Å²) in [6, 6.07) is 21.8. The number of piperidine rings is 1. The summed E-state index contributed by atoms with van der Waals surface area (Å²) in [5.41, 5.74) is 1.27. The minimum absolute atomic E-state index is 0.0437. The van der Waals surface area contributed by atoms with Crippen molar-refractivity contribution in [1.82, 2.24) is 9.88 Å². The SMILES string of the molecule is O=C(CCCC1CCN(Cc2cccc(Oc3ccccc3)c2)CC1)c1ncc(-c2ccco2)o1. The second-order valence-corrected chi connectivity index (χ2v) is 9.10. The minimum Gasteiger partial charge on any atom is -0.461 e. The lowest BCUT2D eigenvalue weighted by Gasteiger charge is -2.32. The molecule has 0 saturated carbocycles. The van der Waals surface area contributed by atoms with Gasteiger partial charge in [0.05, 0.1) is 12.5 Å². The quantitative estimate of drug-likeness (QED) is 0.233. The zero-order chi connectivity index (χ0) is 23.9. The van der Waals surface area contributed by atoms with Crippen LogP contribution in [0.4, 0.5) is 0 Å². The second-order valence-electron chi connectivity index (χ2n) is 9.10. The van der Waals surface area contributed by atoms with Crippen LogP contribution in [-0.2, 0) is 6.54 Å². The number of para-hydroxylation sites is 1. The van der Waals surface area contributed by atoms with Crippen molar-refractivity contribution in [1.29, 1.82) is 0 Å². The van der Waals surface area contributed by atoms with Crippen LogP contribution in [0.5, 0.6) is 11.5 Å². The van der Waals surface area contributed by atoms with E-state index in [2.05, 4.69) is 28.1 Å². The van der Waals surface area contributed by atoms with Crippen LogP contribution < -0.4 is 4.74 Å². The highest BCUT2D eigenvalue weighted by atomic mass is 16.5. The molecular weight excluding hydrogens is 440 g/mol. The molecule has 0 unspecified atom stereocenters. The molecule has 0 aliphatic carbocycles. The summed E-state index contributed by atoms with van der Waals surface area (Å²) in [6.45, 7) is 3.09. The third-order valence-electron chi connectivity index (χ3n) is 6.52. The average Bonchev–Trinajstić information content (AvgIpc) is 3.59. The molecule has 6 heteroatoms. The number of rotatable bonds is 10. The topological polar surface area (TPSA) is 68.7 Å². The number of Topliss-reactive ketones (excluding diaryl/α,β-unsaturated/α-hetero) is 1. The molecule has 5 rings (SSSR count). The Hall–Kier alpha value is -3.64. The van der Waals surface area contributed by atoms with Crippen LogP contribution in [0.15, 0.2) is 88.0 Å². The summed E-state index contributed by atoms with van der Waals surface area (Å²) >= 11 is 0. The van der Waals surface area contributed by atoms with Crippen LogP contribution in [-0.4, -0.2) is 28.8 Å². The molecule has 3 heterocycles. The fourth-order valence-electron chi connectivity index (χ4n) is 4.62. The normalized spacial score (nSPS) is 14.7. The van der Waals surface area contributed by atoms with Gasteiger partial charge in [-0.3, -0.25) is 9.69 Å². The van der Waals surface area contributed by atoms with Gasteiger partial charge in [0.15, 0.2) is 11.5 Å². The predicted octanol–water partition coefficient (Wildman–Crippen LogP) is 6.99. The molecule has 1 saturated heterocycles. The zero-order valence-corrected chi connectivity index (χ0v) is 19.8. The van der Waals surface area contributed by atoms with Crippen molar-refractivity contribution in [2.75, 3.05) is 13.1 Å². The van der Waals surface area contributed by atoms with Gasteiger partial charge in [-0.25, -0.2) is 4.98 Å². The molecule has 6 nitrogen and oxygen atoms in total. The first-order valence-corrected chi connectivity index (χ1v) is 12.3. The lowest BCUT2D eigenvalue weighted by molar-refractivity contribution is 0.0941. The highest BCUT2D eigenvalue weighted by Gasteiger charge is 2.21. The largest absolute Gasteiger partial charge is 0.461 e. The number of benzene rings is 2. The molecular formula is C29H30N2O4. The van der Waals surface area contributed by atoms with Crippen molar-refractivity contribution in [3.8, 4) is 23.0 Å². The van der Waals surface area contributed by atoms with E-state index in [0.29, 0.717) is 23.9 Å². The van der Waals surface area contributed by atoms with Crippen molar-refractivity contribution in [2.24, 2.45) is 5.92 Å². The number of ether oxygens (including phenoxy) is 1. The third-order valence-corrected chi connectivity index (χ3v) is 6.52. The summed E-state index contributed by atoms with van der Waals surface area (Å²) in [5.74, 6) is 3.58. The van der Waals surface area contributed by atoms with Gasteiger partial charge in [-0.05, 0) is 86.7 Å². The molecule has 180 valence electrons. The van der Waals surface area contributed by atoms with Gasteiger partial charge >= 0.3 is 0 Å². The van der Waals surface area contributed by atoms with Crippen LogP contribution >= 0.6 is 0 Å². The number of carbonyl (C=O) groups excluding carboxylic acids is 1. The molecule has 1 fully saturated rings. The maximum Gasteiger partial charge on any atom is 0.263 e. The molecule has 0 N–H and O–H groups in total. The first-order chi connectivity index (χ1) is 17.2. The van der Waals surface area contributed by atoms with Crippen LogP contribution in [0.1, 0.15) is 48.4 Å². The molecule has 0 spiro atoms. The van der Waals surface area contributed by atoms with Gasteiger partial charge in [0.2, 0.25) is 5.78 Å². The fourth-order valence-corrected chi connectivity index (χ4v) is 4.62. The molecule has 1 aliphatic rings. The summed E-state index contributed by atoms with van der Waals surface area (Å²) < 4.78 is 16.8. The number of hydrogen-bond acceptors (Lipinski definition) is 6. The number of ketones is 1. The van der Waals surface area contributed by atoms with E-state index >= 15 is 0 Å². The lowest BCUT2D eigenvalue weighted by Crippen LogP contribution is -2.33. The maximum atomic E-state index is 12.5. The fraction of sp³-hybridized carbons (Fsp3) is 0.310. The van der Waals surface area contributed by atoms with Gasteiger partial charge in [0, 0.05) is 13.0 Å². The Kier molecular flexibility index (Phi) is 7.39. The second kappa shape index (κ2) is 11.2. The molecule has 2 aromatic heterocycles. The molecule has 0 amide bonds. The molecule has 1 aliphatic heterocycles. The Morgan fingerprint density at radius 2 is 1.80 bits per heavy atom. The summed E-state index contributed by atoms with van der Waals surface area (Å²) in [4.78, 5) is 19.1. The molecule has 0 bridgehead atoms. The van der Waals surface area contributed by atoms with E-state index in [-0.39, 0.29) is 11.7 Å². The van der Waals surface area contributed by atoms with Crippen molar-refractivity contribution < 1.29 is 18.4 Å². The van der Waals surface area contributed by atoms with Crippen LogP contribution in [0.25, 0.3) is 11.5 Å². The predicted molar refractivity (Wildman–Crippen MR) is 133 cm³/mol. The summed E-state index contributed by atoms with van der Waals surface area (Å²) in [6.07, 6.45) is 7.83. The Morgan fingerprint density at radius 1 is 0.971 bits per heavy atom. The smallest absolute Gasteiger partial charge is 0.263 e. The number of oxazole rings is 1. The average molecular weight is 471 g/mol. The monoisotopic (exact) mass is 470 g/mol. The van der Waals surface area contributed by atoms with Gasteiger partial charge in [-0.1, -0.05) is 30.3 Å². The first kappa shape index (κ1) is 23.1. The number of likely N-dealkylation sites (tertiary alicyclic amines) is 1. The van der Waals surface area contributed by atoms with Crippen LogP contribution in [0.2, 0.25) is 0 Å². The highest BCUT2D eigenvalue weighted by molar-refractivity contribution is 5.91. The van der Waals surface area contributed by atoms with E-state index in [4.69, 9.17) is 13.6 Å². The van der Waals surface area contributed by atoms with E-state index in [0.717, 1.165) is 56.8 Å². The van der Waals surface area contributed by atoms with Gasteiger partial charge in [0.1, 0.15) is 11.5 Å². The van der Waals surface area contributed by atoms with Crippen molar-refractivity contribution >= 4 is 5.78 Å². The standard InChI is InChI=1S/C29H30N2O4/c32-26(29-30-20-28(35-29)27-13-6-18-33-27)12-5-7-22-14-16-31(17-15-22)21-23-8-4-11-25(19-23)34-24-9-2-1-3-10-24/h1-4,6,8-11,13,18-20,22H,5,7,12,14-17,21H2. The third kappa shape index (κ3) is 6.28. The van der Waals surface area contributed by atoms with E-state index in [1.807, 2.05) is 36.4 Å². The van der Waals surface area contributed by atoms with Gasteiger partial charge < -0.3 is 13.6 Å². The highest BCUT2D eigenvalue weighted by Crippen LogP contribution is 2.27. The van der Waals surface area contributed by atoms with Crippen LogP contribution in [0.3, 0.4) is 0 Å². The molecule has 0 radical (unpaired) electrons. The van der Waals surface area contributed by atoms with Crippen molar-refractivity contribution in [3.05, 3.63) is 90.6 Å². The van der Waals surface area contributed by atoms with Gasteiger partial charge in [-0.2, -0.15) is 0 Å². The molecule has 4 aromatic rings. The molecule has 0 atom stereocenters. The van der Waals surface area contributed by atoms with E-state index in [1.54, 1.807) is 24.6 Å². The Balaban J connectivity index is 1.03. The van der Waals surface area contributed by atoms with Gasteiger partial charge in [-0.15, -0.1) is 0 Å². The van der Waals surface area contributed by atoms with Crippen LogP contribution in [0, 0.1) is 5.92 Å². The van der Waals surface area contributed by atoms with Crippen molar-refractivity contribution in [2.45, 2.75) is 38.6 Å². The zero-order valence-electron chi connectivity index (χ0n) is 19.8. The number of carbonyl (C=O) groups is 1. The van der Waals surface area contributed by atoms with E-state index in [1.165, 1.54) is 5.56 Å². The Labute approximate surface area is 205 Å². The maximum absolute atomic E-state index is 12.5. The Bertz CT molecular complexity index is 1210. The summed E-state index contributed by atoms with van der Waals surface area (Å²) in [5, 5.41) is 0. The first-order valence-electron chi connectivity index (χ1n) is 12.3. The Morgan fingerprint density at radius 3 is 2.60 bits per heavy atom. The van der Waals surface area contributed by atoms with Gasteiger partial charge in [0.25, 0.3) is 5.89 Å². The summed E-state index contributed by atoms with van der Waals surface area (Å²) in [7, 11) is 0. The number of hydrogen-bond donors (Lipinski definition) is 0. The molecule has 35 heavy (non-hydrogen) atoms.